The van der Waals surface area contributed by atoms with Crippen molar-refractivity contribution in [1.29, 1.82) is 5.26 Å². The zero-order valence-electron chi connectivity index (χ0n) is 7.50. The van der Waals surface area contributed by atoms with Gasteiger partial charge in [-0.2, -0.15) is 5.26 Å². The normalized spacial score (nSPS) is 9.14. The SMILES string of the molecule is [C-]#[N+]c1c(N)nc(Cl)c(C#N)c1CC. The second-order valence-corrected chi connectivity index (χ2v) is 2.93. The maximum atomic E-state index is 8.82. The summed E-state index contributed by atoms with van der Waals surface area (Å²) in [7, 11) is 0. The lowest BCUT2D eigenvalue weighted by atomic mass is 10.1. The van der Waals surface area contributed by atoms with Crippen LogP contribution in [0.4, 0.5) is 11.5 Å². The zero-order valence-corrected chi connectivity index (χ0v) is 8.26. The minimum Gasteiger partial charge on any atom is -0.392 e. The van der Waals surface area contributed by atoms with Crippen LogP contribution < -0.4 is 5.73 Å². The van der Waals surface area contributed by atoms with Crippen molar-refractivity contribution in [3.8, 4) is 6.07 Å². The van der Waals surface area contributed by atoms with Gasteiger partial charge in [0, 0.05) is 0 Å². The lowest BCUT2D eigenvalue weighted by Gasteiger charge is -2.06. The number of pyridine rings is 1. The molecule has 5 heteroatoms. The molecule has 0 atom stereocenters. The fourth-order valence-corrected chi connectivity index (χ4v) is 1.44. The topological polar surface area (TPSA) is 67.1 Å². The molecule has 4 nitrogen and oxygen atoms in total. The van der Waals surface area contributed by atoms with E-state index in [1.807, 2.05) is 13.0 Å². The molecule has 0 saturated carbocycles. The molecule has 70 valence electrons. The quantitative estimate of drug-likeness (QED) is 0.566. The fraction of sp³-hybridized carbons (Fsp3) is 0.222. The Balaban J connectivity index is 3.64. The summed E-state index contributed by atoms with van der Waals surface area (Å²) < 4.78 is 0. The second-order valence-electron chi connectivity index (χ2n) is 2.57. The first-order valence-corrected chi connectivity index (χ1v) is 4.28. The molecule has 0 aliphatic carbocycles. The summed E-state index contributed by atoms with van der Waals surface area (Å²) in [6.07, 6.45) is 0.535. The minimum atomic E-state index is 0.0641. The van der Waals surface area contributed by atoms with E-state index in [9.17, 15) is 0 Å². The van der Waals surface area contributed by atoms with Crippen LogP contribution in [-0.2, 0) is 6.42 Å². The van der Waals surface area contributed by atoms with Gasteiger partial charge in [-0.05, 0) is 12.0 Å². The molecule has 1 aromatic heterocycles. The summed E-state index contributed by atoms with van der Waals surface area (Å²) >= 11 is 5.73. The smallest absolute Gasteiger partial charge is 0.232 e. The van der Waals surface area contributed by atoms with Gasteiger partial charge < -0.3 is 5.73 Å². The van der Waals surface area contributed by atoms with Crippen molar-refractivity contribution in [3.05, 3.63) is 27.7 Å². The molecule has 0 aromatic carbocycles. The molecule has 1 heterocycles. The lowest BCUT2D eigenvalue weighted by molar-refractivity contribution is 1.12. The molecule has 0 fully saturated rings. The van der Waals surface area contributed by atoms with Gasteiger partial charge in [0.15, 0.2) is 0 Å². The molecule has 0 unspecified atom stereocenters. The third kappa shape index (κ3) is 1.48. The van der Waals surface area contributed by atoms with Gasteiger partial charge >= 0.3 is 0 Å². The molecular weight excluding hydrogens is 200 g/mol. The van der Waals surface area contributed by atoms with Gasteiger partial charge in [-0.3, -0.25) is 0 Å². The maximum Gasteiger partial charge on any atom is 0.232 e. The molecule has 1 aromatic rings. The first-order valence-electron chi connectivity index (χ1n) is 3.91. The Hall–Kier alpha value is -1.78. The summed E-state index contributed by atoms with van der Waals surface area (Å²) in [5.74, 6) is 0.0841. The molecule has 14 heavy (non-hydrogen) atoms. The Kier molecular flexibility index (Phi) is 2.91. The predicted molar refractivity (Wildman–Crippen MR) is 54.0 cm³/mol. The van der Waals surface area contributed by atoms with Crippen molar-refractivity contribution < 1.29 is 0 Å². The number of nitrogens with zero attached hydrogens (tertiary/aromatic N) is 3. The minimum absolute atomic E-state index is 0.0641. The van der Waals surface area contributed by atoms with Gasteiger partial charge in [0.2, 0.25) is 5.69 Å². The Morgan fingerprint density at radius 2 is 2.36 bits per heavy atom. The van der Waals surface area contributed by atoms with Crippen LogP contribution in [-0.4, -0.2) is 4.98 Å². The average Bonchev–Trinajstić information content (AvgIpc) is 2.16. The summed E-state index contributed by atoms with van der Waals surface area (Å²) in [5, 5.41) is 8.89. The van der Waals surface area contributed by atoms with Gasteiger partial charge in [0.05, 0.1) is 12.1 Å². The molecule has 2 N–H and O–H groups in total. The average molecular weight is 207 g/mol. The van der Waals surface area contributed by atoms with Crippen molar-refractivity contribution in [2.75, 3.05) is 5.73 Å². The fourth-order valence-electron chi connectivity index (χ4n) is 1.19. The Labute approximate surface area is 86.7 Å². The molecule has 0 amide bonds. The first-order chi connectivity index (χ1) is 6.65. The Morgan fingerprint density at radius 3 is 2.79 bits per heavy atom. The highest BCUT2D eigenvalue weighted by molar-refractivity contribution is 6.31. The van der Waals surface area contributed by atoms with Crippen molar-refractivity contribution in [2.45, 2.75) is 13.3 Å². The maximum absolute atomic E-state index is 8.82. The molecule has 0 radical (unpaired) electrons. The number of nitrogens with two attached hydrogens (primary N) is 1. The second kappa shape index (κ2) is 3.95. The number of anilines is 1. The van der Waals surface area contributed by atoms with Crippen molar-refractivity contribution in [3.63, 3.8) is 0 Å². The largest absolute Gasteiger partial charge is 0.392 e. The van der Waals surface area contributed by atoms with E-state index in [1.54, 1.807) is 0 Å². The van der Waals surface area contributed by atoms with E-state index in [2.05, 4.69) is 9.83 Å². The monoisotopic (exact) mass is 206 g/mol. The van der Waals surface area contributed by atoms with Gasteiger partial charge in [-0.1, -0.05) is 18.5 Å². The molecule has 0 bridgehead atoms. The van der Waals surface area contributed by atoms with E-state index in [0.29, 0.717) is 12.0 Å². The van der Waals surface area contributed by atoms with Gasteiger partial charge in [0.1, 0.15) is 17.0 Å². The summed E-state index contributed by atoms with van der Waals surface area (Å²) in [6.45, 7) is 8.76. The van der Waals surface area contributed by atoms with Crippen LogP contribution in [0.3, 0.4) is 0 Å². The summed E-state index contributed by atoms with van der Waals surface area (Å²) in [6, 6.07) is 1.92. The van der Waals surface area contributed by atoms with Crippen molar-refractivity contribution in [1.82, 2.24) is 4.98 Å². The number of aromatic nitrogens is 1. The van der Waals surface area contributed by atoms with E-state index < -0.39 is 0 Å². The van der Waals surface area contributed by atoms with Gasteiger partial charge in [0.25, 0.3) is 0 Å². The highest BCUT2D eigenvalue weighted by Crippen LogP contribution is 2.32. The molecule has 0 saturated heterocycles. The van der Waals surface area contributed by atoms with E-state index in [-0.39, 0.29) is 22.2 Å². The van der Waals surface area contributed by atoms with Crippen LogP contribution >= 0.6 is 11.6 Å². The third-order valence-electron chi connectivity index (χ3n) is 1.83. The standard InChI is InChI=1S/C9H7ClN4/c1-3-5-6(4-11)8(10)14-9(12)7(5)13-2/h3H2,1H3,(H2,12,14). The van der Waals surface area contributed by atoms with Gasteiger partial charge in [-0.15, -0.1) is 0 Å². The van der Waals surface area contributed by atoms with E-state index >= 15 is 0 Å². The van der Waals surface area contributed by atoms with E-state index in [1.165, 1.54) is 0 Å². The number of nitriles is 1. The number of halogens is 1. The highest BCUT2D eigenvalue weighted by Gasteiger charge is 2.15. The van der Waals surface area contributed by atoms with Crippen LogP contribution in [0.2, 0.25) is 5.15 Å². The third-order valence-corrected chi connectivity index (χ3v) is 2.11. The van der Waals surface area contributed by atoms with Crippen molar-refractivity contribution >= 4 is 23.1 Å². The molecule has 0 spiro atoms. The van der Waals surface area contributed by atoms with Crippen LogP contribution in [0.5, 0.6) is 0 Å². The van der Waals surface area contributed by atoms with Crippen molar-refractivity contribution in [2.24, 2.45) is 0 Å². The molecule has 0 aliphatic rings. The van der Waals surface area contributed by atoms with E-state index in [0.717, 1.165) is 0 Å². The van der Waals surface area contributed by atoms with Crippen LogP contribution in [0, 0.1) is 17.9 Å². The number of hydrogen-bond acceptors (Lipinski definition) is 3. The highest BCUT2D eigenvalue weighted by atomic mass is 35.5. The predicted octanol–water partition coefficient (Wildman–Crippen LogP) is 2.30. The molecule has 0 aliphatic heterocycles. The number of hydrogen-bond donors (Lipinski definition) is 1. The van der Waals surface area contributed by atoms with Crippen LogP contribution in [0.15, 0.2) is 0 Å². The van der Waals surface area contributed by atoms with Gasteiger partial charge in [-0.25, -0.2) is 9.83 Å². The van der Waals surface area contributed by atoms with E-state index in [4.69, 9.17) is 29.2 Å². The van der Waals surface area contributed by atoms with Crippen LogP contribution in [0.25, 0.3) is 4.85 Å². The lowest BCUT2D eigenvalue weighted by Crippen LogP contribution is -1.98. The molecule has 1 rings (SSSR count). The zero-order chi connectivity index (χ0) is 10.7. The Bertz CT molecular complexity index is 415. The number of rotatable bonds is 1. The number of nitrogen functional groups attached to an aromatic ring is 1. The summed E-state index contributed by atoms with van der Waals surface area (Å²) in [5.41, 5.74) is 6.56. The van der Waals surface area contributed by atoms with Crippen LogP contribution in [0.1, 0.15) is 18.1 Å². The Morgan fingerprint density at radius 1 is 1.71 bits per heavy atom. The first kappa shape index (κ1) is 10.3. The summed E-state index contributed by atoms with van der Waals surface area (Å²) in [4.78, 5) is 6.97. The molecular formula is C9H7ClN4.